The molecule has 1 aliphatic rings. The van der Waals surface area contributed by atoms with E-state index in [1.165, 1.54) is 0 Å². The van der Waals surface area contributed by atoms with Crippen molar-refractivity contribution in [2.45, 2.75) is 19.8 Å². The predicted octanol–water partition coefficient (Wildman–Crippen LogP) is 2.29. The molecule has 24 heavy (non-hydrogen) atoms. The van der Waals surface area contributed by atoms with Crippen molar-refractivity contribution in [3.63, 3.8) is 0 Å². The van der Waals surface area contributed by atoms with Crippen molar-refractivity contribution in [2.24, 2.45) is 5.92 Å². The summed E-state index contributed by atoms with van der Waals surface area (Å²) in [7, 11) is 0. The maximum Gasteiger partial charge on any atom is 0.309 e. The fourth-order valence-corrected chi connectivity index (χ4v) is 2.94. The van der Waals surface area contributed by atoms with Gasteiger partial charge in [-0.3, -0.25) is 9.59 Å². The van der Waals surface area contributed by atoms with E-state index in [1.54, 1.807) is 15.8 Å². The van der Waals surface area contributed by atoms with Crippen LogP contribution in [0.4, 0.5) is 0 Å². The first-order valence-electron chi connectivity index (χ1n) is 8.25. The Morgan fingerprint density at radius 2 is 1.92 bits per heavy atom. The van der Waals surface area contributed by atoms with Crippen LogP contribution in [0.3, 0.4) is 0 Å². The summed E-state index contributed by atoms with van der Waals surface area (Å²) in [6.07, 6.45) is 4.90. The number of rotatable bonds is 4. The van der Waals surface area contributed by atoms with Crippen molar-refractivity contribution < 1.29 is 14.3 Å². The third-order valence-corrected chi connectivity index (χ3v) is 4.29. The molecular formula is C18H21N3O3. The molecule has 1 aromatic heterocycles. The van der Waals surface area contributed by atoms with Gasteiger partial charge in [0.15, 0.2) is 0 Å². The van der Waals surface area contributed by atoms with Gasteiger partial charge in [-0.2, -0.15) is 5.10 Å². The second kappa shape index (κ2) is 7.29. The minimum Gasteiger partial charge on any atom is -0.466 e. The number of hydrogen-bond donors (Lipinski definition) is 0. The average molecular weight is 327 g/mol. The topological polar surface area (TPSA) is 64.4 Å². The van der Waals surface area contributed by atoms with Crippen molar-refractivity contribution in [1.82, 2.24) is 14.7 Å². The molecule has 1 fully saturated rings. The van der Waals surface area contributed by atoms with Gasteiger partial charge in [0.1, 0.15) is 0 Å². The zero-order valence-corrected chi connectivity index (χ0v) is 13.7. The molecule has 0 N–H and O–H groups in total. The van der Waals surface area contributed by atoms with Gasteiger partial charge in [-0.25, -0.2) is 4.68 Å². The molecule has 0 aliphatic carbocycles. The van der Waals surface area contributed by atoms with Crippen LogP contribution in [-0.2, 0) is 9.53 Å². The monoisotopic (exact) mass is 327 g/mol. The molecule has 0 spiro atoms. The van der Waals surface area contributed by atoms with Crippen molar-refractivity contribution in [1.29, 1.82) is 0 Å². The molecule has 2 heterocycles. The van der Waals surface area contributed by atoms with Gasteiger partial charge in [-0.1, -0.05) is 0 Å². The van der Waals surface area contributed by atoms with E-state index < -0.39 is 0 Å². The zero-order chi connectivity index (χ0) is 16.9. The quantitative estimate of drug-likeness (QED) is 0.808. The smallest absolute Gasteiger partial charge is 0.309 e. The summed E-state index contributed by atoms with van der Waals surface area (Å²) in [5.41, 5.74) is 1.57. The molecule has 0 saturated carbocycles. The molecule has 1 amide bonds. The number of hydrogen-bond acceptors (Lipinski definition) is 4. The summed E-state index contributed by atoms with van der Waals surface area (Å²) in [6, 6.07) is 9.25. The van der Waals surface area contributed by atoms with Gasteiger partial charge in [0.05, 0.1) is 18.2 Å². The predicted molar refractivity (Wildman–Crippen MR) is 88.8 cm³/mol. The highest BCUT2D eigenvalue weighted by Crippen LogP contribution is 2.21. The number of nitrogens with zero attached hydrogens (tertiary/aromatic N) is 3. The average Bonchev–Trinajstić information content (AvgIpc) is 3.16. The normalized spacial score (nSPS) is 15.3. The lowest BCUT2D eigenvalue weighted by Crippen LogP contribution is -2.40. The number of carbonyl (C=O) groups excluding carboxylic acids is 2. The van der Waals surface area contributed by atoms with Crippen LogP contribution < -0.4 is 0 Å². The summed E-state index contributed by atoms with van der Waals surface area (Å²) in [4.78, 5) is 26.2. The highest BCUT2D eigenvalue weighted by atomic mass is 16.5. The first-order chi connectivity index (χ1) is 11.7. The number of piperidine rings is 1. The lowest BCUT2D eigenvalue weighted by atomic mass is 9.96. The van der Waals surface area contributed by atoms with E-state index in [2.05, 4.69) is 5.10 Å². The minimum atomic E-state index is -0.145. The molecule has 0 radical (unpaired) electrons. The zero-order valence-electron chi connectivity index (χ0n) is 13.7. The van der Waals surface area contributed by atoms with Crippen molar-refractivity contribution in [3.05, 3.63) is 48.3 Å². The molecule has 3 rings (SSSR count). The minimum absolute atomic E-state index is 0.00400. The molecule has 126 valence electrons. The Kier molecular flexibility index (Phi) is 4.93. The second-order valence-electron chi connectivity index (χ2n) is 5.82. The number of aromatic nitrogens is 2. The Morgan fingerprint density at radius 1 is 1.21 bits per heavy atom. The molecule has 1 saturated heterocycles. The van der Waals surface area contributed by atoms with Crippen molar-refractivity contribution >= 4 is 11.9 Å². The SMILES string of the molecule is CCOC(=O)C1CCN(C(=O)c2ccc(-n3cccn3)cc2)CC1. The van der Waals surface area contributed by atoms with Crippen molar-refractivity contribution in [3.8, 4) is 5.69 Å². The Labute approximate surface area is 141 Å². The standard InChI is InChI=1S/C18H21N3O3/c1-2-24-18(23)15-8-12-20(13-9-15)17(22)14-4-6-16(7-5-14)21-11-3-10-19-21/h3-7,10-11,15H,2,8-9,12-13H2,1H3. The van der Waals surface area contributed by atoms with Gasteiger partial charge < -0.3 is 9.64 Å². The molecule has 0 bridgehead atoms. The summed E-state index contributed by atoms with van der Waals surface area (Å²) in [6.45, 7) is 3.39. The number of amides is 1. The Hall–Kier alpha value is -2.63. The van der Waals surface area contributed by atoms with E-state index in [0.717, 1.165) is 5.69 Å². The number of ether oxygens (including phenoxy) is 1. The number of carbonyl (C=O) groups is 2. The number of likely N-dealkylation sites (tertiary alicyclic amines) is 1. The van der Waals surface area contributed by atoms with Crippen LogP contribution in [0.25, 0.3) is 5.69 Å². The van der Waals surface area contributed by atoms with E-state index in [4.69, 9.17) is 4.74 Å². The van der Waals surface area contributed by atoms with E-state index >= 15 is 0 Å². The molecule has 1 aromatic carbocycles. The van der Waals surface area contributed by atoms with E-state index in [1.807, 2.05) is 43.5 Å². The molecule has 6 nitrogen and oxygen atoms in total. The van der Waals surface area contributed by atoms with Gasteiger partial charge in [-0.15, -0.1) is 0 Å². The molecule has 0 unspecified atom stereocenters. The lowest BCUT2D eigenvalue weighted by Gasteiger charge is -2.31. The van der Waals surface area contributed by atoms with Crippen molar-refractivity contribution in [2.75, 3.05) is 19.7 Å². The number of benzene rings is 1. The number of esters is 1. The van der Waals surface area contributed by atoms with Crippen LogP contribution >= 0.6 is 0 Å². The van der Waals surface area contributed by atoms with E-state index in [0.29, 0.717) is 38.1 Å². The van der Waals surface area contributed by atoms with Crippen LogP contribution in [0.15, 0.2) is 42.7 Å². The summed E-state index contributed by atoms with van der Waals surface area (Å²) in [5, 5.41) is 4.17. The Morgan fingerprint density at radius 3 is 2.50 bits per heavy atom. The van der Waals surface area contributed by atoms with Gasteiger partial charge in [0.25, 0.3) is 5.91 Å². The van der Waals surface area contributed by atoms with Crippen LogP contribution in [0, 0.1) is 5.92 Å². The summed E-state index contributed by atoms with van der Waals surface area (Å²) >= 11 is 0. The Balaban J connectivity index is 1.60. The molecular weight excluding hydrogens is 306 g/mol. The van der Waals surface area contributed by atoms with Crippen LogP contribution in [0.1, 0.15) is 30.1 Å². The summed E-state index contributed by atoms with van der Waals surface area (Å²) < 4.78 is 6.81. The highest BCUT2D eigenvalue weighted by Gasteiger charge is 2.28. The molecule has 0 atom stereocenters. The van der Waals surface area contributed by atoms with E-state index in [-0.39, 0.29) is 17.8 Å². The van der Waals surface area contributed by atoms with Crippen LogP contribution in [-0.4, -0.2) is 46.3 Å². The molecule has 1 aliphatic heterocycles. The van der Waals surface area contributed by atoms with Gasteiger partial charge in [0, 0.05) is 31.0 Å². The lowest BCUT2D eigenvalue weighted by molar-refractivity contribution is -0.149. The second-order valence-corrected chi connectivity index (χ2v) is 5.82. The maximum atomic E-state index is 12.6. The van der Waals surface area contributed by atoms with Crippen LogP contribution in [0.5, 0.6) is 0 Å². The third-order valence-electron chi connectivity index (χ3n) is 4.29. The third kappa shape index (κ3) is 3.48. The maximum absolute atomic E-state index is 12.6. The highest BCUT2D eigenvalue weighted by molar-refractivity contribution is 5.94. The van der Waals surface area contributed by atoms with Gasteiger partial charge >= 0.3 is 5.97 Å². The fourth-order valence-electron chi connectivity index (χ4n) is 2.94. The van der Waals surface area contributed by atoms with Gasteiger partial charge in [-0.05, 0) is 50.1 Å². The van der Waals surface area contributed by atoms with Gasteiger partial charge in [0.2, 0.25) is 0 Å². The molecule has 2 aromatic rings. The Bertz CT molecular complexity index is 687. The largest absolute Gasteiger partial charge is 0.466 e. The van der Waals surface area contributed by atoms with Crippen LogP contribution in [0.2, 0.25) is 0 Å². The molecule has 6 heteroatoms. The van der Waals surface area contributed by atoms with E-state index in [9.17, 15) is 9.59 Å². The fraction of sp³-hybridized carbons (Fsp3) is 0.389. The first kappa shape index (κ1) is 16.2. The first-order valence-corrected chi connectivity index (χ1v) is 8.25. The summed E-state index contributed by atoms with van der Waals surface area (Å²) in [5.74, 6) is -0.228.